The standard InChI is InChI=1S/C16H27NO3Si/c1-7-16(2,3)15(18)19-11-12-8-9-14(13(17)10-12)20-21(4,5)6/h8-10H,7,11,17H2,1-6H3. The summed E-state index contributed by atoms with van der Waals surface area (Å²) in [5, 5.41) is 0. The van der Waals surface area contributed by atoms with Crippen molar-refractivity contribution >= 4 is 20.0 Å². The second kappa shape index (κ2) is 6.51. The fourth-order valence-corrected chi connectivity index (χ4v) is 2.44. The molecule has 0 aromatic heterocycles. The van der Waals surface area contributed by atoms with Crippen molar-refractivity contribution in [3.05, 3.63) is 23.8 Å². The first kappa shape index (κ1) is 17.6. The lowest BCUT2D eigenvalue weighted by Crippen LogP contribution is -2.29. The molecule has 0 saturated carbocycles. The Labute approximate surface area is 128 Å². The zero-order valence-corrected chi connectivity index (χ0v) is 14.9. The Balaban J connectivity index is 2.71. The van der Waals surface area contributed by atoms with E-state index in [4.69, 9.17) is 14.9 Å². The number of nitrogens with two attached hydrogens (primary N) is 1. The third-order valence-electron chi connectivity index (χ3n) is 3.30. The minimum absolute atomic E-state index is 0.189. The highest BCUT2D eigenvalue weighted by atomic mass is 28.4. The lowest BCUT2D eigenvalue weighted by Gasteiger charge is -2.22. The number of benzene rings is 1. The Morgan fingerprint density at radius 1 is 1.29 bits per heavy atom. The van der Waals surface area contributed by atoms with Gasteiger partial charge in [-0.25, -0.2) is 0 Å². The summed E-state index contributed by atoms with van der Waals surface area (Å²) in [5.41, 5.74) is 7.01. The number of rotatable bonds is 6. The summed E-state index contributed by atoms with van der Waals surface area (Å²) in [4.78, 5) is 11.9. The Kier molecular flexibility index (Phi) is 5.45. The molecule has 4 nitrogen and oxygen atoms in total. The molecule has 0 amide bonds. The van der Waals surface area contributed by atoms with E-state index in [9.17, 15) is 4.79 Å². The van der Waals surface area contributed by atoms with Crippen LogP contribution in [0.25, 0.3) is 0 Å². The maximum absolute atomic E-state index is 11.9. The van der Waals surface area contributed by atoms with Crippen LogP contribution in [0.1, 0.15) is 32.8 Å². The first-order chi connectivity index (χ1) is 9.55. The Morgan fingerprint density at radius 2 is 1.90 bits per heavy atom. The highest BCUT2D eigenvalue weighted by Gasteiger charge is 2.27. The van der Waals surface area contributed by atoms with Crippen molar-refractivity contribution in [2.45, 2.75) is 53.4 Å². The second-order valence-electron chi connectivity index (χ2n) is 6.90. The summed E-state index contributed by atoms with van der Waals surface area (Å²) >= 11 is 0. The summed E-state index contributed by atoms with van der Waals surface area (Å²) in [5.74, 6) is 0.518. The highest BCUT2D eigenvalue weighted by molar-refractivity contribution is 6.70. The van der Waals surface area contributed by atoms with Gasteiger partial charge in [0.25, 0.3) is 0 Å². The third kappa shape index (κ3) is 5.42. The van der Waals surface area contributed by atoms with E-state index in [-0.39, 0.29) is 12.6 Å². The quantitative estimate of drug-likeness (QED) is 0.491. The van der Waals surface area contributed by atoms with Crippen LogP contribution >= 0.6 is 0 Å². The van der Waals surface area contributed by atoms with Crippen molar-refractivity contribution < 1.29 is 14.0 Å². The second-order valence-corrected chi connectivity index (χ2v) is 11.3. The van der Waals surface area contributed by atoms with Crippen LogP contribution in [0.2, 0.25) is 19.6 Å². The molecule has 0 atom stereocenters. The maximum Gasteiger partial charge on any atom is 0.311 e. The predicted octanol–water partition coefficient (Wildman–Crippen LogP) is 3.96. The van der Waals surface area contributed by atoms with Gasteiger partial charge in [0.15, 0.2) is 0 Å². The molecule has 0 aliphatic carbocycles. The van der Waals surface area contributed by atoms with Crippen molar-refractivity contribution in [1.82, 2.24) is 0 Å². The average molecular weight is 309 g/mol. The van der Waals surface area contributed by atoms with Crippen molar-refractivity contribution in [2.24, 2.45) is 5.41 Å². The minimum Gasteiger partial charge on any atom is -0.543 e. The van der Waals surface area contributed by atoms with Gasteiger partial charge in [-0.3, -0.25) is 4.79 Å². The van der Waals surface area contributed by atoms with Gasteiger partial charge in [0.2, 0.25) is 8.32 Å². The first-order valence-electron chi connectivity index (χ1n) is 7.30. The number of hydrogen-bond donors (Lipinski definition) is 1. The molecule has 0 unspecified atom stereocenters. The molecule has 1 rings (SSSR count). The molecule has 0 spiro atoms. The van der Waals surface area contributed by atoms with E-state index in [1.165, 1.54) is 0 Å². The molecular formula is C16H27NO3Si. The summed E-state index contributed by atoms with van der Waals surface area (Å²) in [7, 11) is -1.68. The Morgan fingerprint density at radius 3 is 2.38 bits per heavy atom. The van der Waals surface area contributed by atoms with E-state index < -0.39 is 13.7 Å². The molecule has 0 radical (unpaired) electrons. The number of nitrogen functional groups attached to an aromatic ring is 1. The topological polar surface area (TPSA) is 61.5 Å². The van der Waals surface area contributed by atoms with Crippen LogP contribution in [0.5, 0.6) is 5.75 Å². The molecule has 118 valence electrons. The van der Waals surface area contributed by atoms with Crippen molar-refractivity contribution in [3.8, 4) is 5.75 Å². The number of esters is 1. The van der Waals surface area contributed by atoms with Crippen LogP contribution in [-0.2, 0) is 16.1 Å². The van der Waals surface area contributed by atoms with Crippen LogP contribution in [0.4, 0.5) is 5.69 Å². The normalized spacial score (nSPS) is 12.1. The fourth-order valence-electron chi connectivity index (χ4n) is 1.60. The van der Waals surface area contributed by atoms with E-state index in [1.807, 2.05) is 39.0 Å². The van der Waals surface area contributed by atoms with Crippen molar-refractivity contribution in [1.29, 1.82) is 0 Å². The SMILES string of the molecule is CCC(C)(C)C(=O)OCc1ccc(O[Si](C)(C)C)c(N)c1. The molecule has 2 N–H and O–H groups in total. The van der Waals surface area contributed by atoms with E-state index >= 15 is 0 Å². The van der Waals surface area contributed by atoms with Crippen LogP contribution in [0.15, 0.2) is 18.2 Å². The summed E-state index contributed by atoms with van der Waals surface area (Å²) < 4.78 is 11.2. The Hall–Kier alpha value is -1.49. The molecule has 0 fully saturated rings. The van der Waals surface area contributed by atoms with Crippen molar-refractivity contribution in [3.63, 3.8) is 0 Å². The number of carbonyl (C=O) groups excluding carboxylic acids is 1. The molecule has 21 heavy (non-hydrogen) atoms. The monoisotopic (exact) mass is 309 g/mol. The molecule has 5 heteroatoms. The third-order valence-corrected chi connectivity index (χ3v) is 4.13. The van der Waals surface area contributed by atoms with Crippen LogP contribution in [0, 0.1) is 5.41 Å². The predicted molar refractivity (Wildman–Crippen MR) is 88.7 cm³/mol. The van der Waals surface area contributed by atoms with Gasteiger partial charge in [0, 0.05) is 0 Å². The van der Waals surface area contributed by atoms with Gasteiger partial charge in [-0.2, -0.15) is 0 Å². The van der Waals surface area contributed by atoms with Gasteiger partial charge in [-0.1, -0.05) is 13.0 Å². The smallest absolute Gasteiger partial charge is 0.311 e. The van der Waals surface area contributed by atoms with Crippen molar-refractivity contribution in [2.75, 3.05) is 5.73 Å². The van der Waals surface area contributed by atoms with Crippen LogP contribution in [0.3, 0.4) is 0 Å². The summed E-state index contributed by atoms with van der Waals surface area (Å²) in [6.45, 7) is 12.3. The number of ether oxygens (including phenoxy) is 1. The van der Waals surface area contributed by atoms with Gasteiger partial charge in [0.1, 0.15) is 12.4 Å². The number of anilines is 1. The fraction of sp³-hybridized carbons (Fsp3) is 0.562. The van der Waals surface area contributed by atoms with Gasteiger partial charge in [-0.05, 0) is 57.6 Å². The molecule has 0 saturated heterocycles. The number of carbonyl (C=O) groups is 1. The molecule has 1 aromatic rings. The lowest BCUT2D eigenvalue weighted by molar-refractivity contribution is -0.155. The van der Waals surface area contributed by atoms with E-state index in [0.29, 0.717) is 11.4 Å². The van der Waals surface area contributed by atoms with Gasteiger partial charge >= 0.3 is 5.97 Å². The van der Waals surface area contributed by atoms with Crippen LogP contribution < -0.4 is 10.2 Å². The zero-order valence-electron chi connectivity index (χ0n) is 13.9. The van der Waals surface area contributed by atoms with E-state index in [1.54, 1.807) is 0 Å². The summed E-state index contributed by atoms with van der Waals surface area (Å²) in [6, 6.07) is 5.54. The Bertz CT molecular complexity index is 507. The summed E-state index contributed by atoms with van der Waals surface area (Å²) in [6.07, 6.45) is 0.747. The van der Waals surface area contributed by atoms with Crippen LogP contribution in [-0.4, -0.2) is 14.3 Å². The molecule has 0 heterocycles. The van der Waals surface area contributed by atoms with Gasteiger partial charge in [-0.15, -0.1) is 0 Å². The maximum atomic E-state index is 11.9. The minimum atomic E-state index is -1.68. The van der Waals surface area contributed by atoms with Gasteiger partial charge < -0.3 is 14.9 Å². The van der Waals surface area contributed by atoms with E-state index in [0.717, 1.165) is 12.0 Å². The largest absolute Gasteiger partial charge is 0.543 e. The lowest BCUT2D eigenvalue weighted by atomic mass is 9.91. The highest BCUT2D eigenvalue weighted by Crippen LogP contribution is 2.27. The average Bonchev–Trinajstić information content (AvgIpc) is 2.37. The molecule has 1 aromatic carbocycles. The molecule has 0 aliphatic rings. The molecule has 0 bridgehead atoms. The number of hydrogen-bond acceptors (Lipinski definition) is 4. The van der Waals surface area contributed by atoms with E-state index in [2.05, 4.69) is 19.6 Å². The molecule has 0 aliphatic heterocycles. The first-order valence-corrected chi connectivity index (χ1v) is 10.7. The molecular weight excluding hydrogens is 282 g/mol. The van der Waals surface area contributed by atoms with Gasteiger partial charge in [0.05, 0.1) is 11.1 Å². The zero-order chi connectivity index (χ0) is 16.3.